The SMILES string of the molecule is CSc1nnc(S[C@@H](C(=O)Nc2ccc(C)cc2)c2ccccc2)s1. The minimum absolute atomic E-state index is 0.0686. The van der Waals surface area contributed by atoms with Crippen LogP contribution in [-0.4, -0.2) is 22.4 Å². The number of thioether (sulfide) groups is 2. The smallest absolute Gasteiger partial charge is 0.242 e. The number of aromatic nitrogens is 2. The Hall–Kier alpha value is -1.83. The minimum atomic E-state index is -0.384. The summed E-state index contributed by atoms with van der Waals surface area (Å²) < 4.78 is 1.69. The summed E-state index contributed by atoms with van der Waals surface area (Å²) in [5.74, 6) is -0.0686. The van der Waals surface area contributed by atoms with E-state index in [2.05, 4.69) is 15.5 Å². The van der Waals surface area contributed by atoms with Crippen LogP contribution in [0, 0.1) is 6.92 Å². The summed E-state index contributed by atoms with van der Waals surface area (Å²) in [7, 11) is 0. The fourth-order valence-electron chi connectivity index (χ4n) is 2.17. The highest BCUT2D eigenvalue weighted by Crippen LogP contribution is 2.38. The van der Waals surface area contributed by atoms with Crippen LogP contribution in [0.2, 0.25) is 0 Å². The molecule has 1 heterocycles. The van der Waals surface area contributed by atoms with Gasteiger partial charge < -0.3 is 5.32 Å². The molecule has 0 aliphatic heterocycles. The fraction of sp³-hybridized carbons (Fsp3) is 0.167. The van der Waals surface area contributed by atoms with Gasteiger partial charge in [0.05, 0.1) is 0 Å². The Labute approximate surface area is 159 Å². The third kappa shape index (κ3) is 4.84. The number of rotatable bonds is 6. The molecule has 7 heteroatoms. The molecule has 1 atom stereocenters. The van der Waals surface area contributed by atoms with Crippen molar-refractivity contribution >= 4 is 46.5 Å². The molecule has 4 nitrogen and oxygen atoms in total. The molecule has 25 heavy (non-hydrogen) atoms. The number of carbonyl (C=O) groups is 1. The lowest BCUT2D eigenvalue weighted by molar-refractivity contribution is -0.115. The molecule has 1 aromatic heterocycles. The minimum Gasteiger partial charge on any atom is -0.325 e. The van der Waals surface area contributed by atoms with Crippen LogP contribution in [0.1, 0.15) is 16.4 Å². The van der Waals surface area contributed by atoms with E-state index >= 15 is 0 Å². The maximum Gasteiger partial charge on any atom is 0.242 e. The highest BCUT2D eigenvalue weighted by atomic mass is 32.2. The molecule has 3 rings (SSSR count). The first-order valence-electron chi connectivity index (χ1n) is 7.62. The van der Waals surface area contributed by atoms with Gasteiger partial charge >= 0.3 is 0 Å². The third-order valence-electron chi connectivity index (χ3n) is 3.44. The van der Waals surface area contributed by atoms with E-state index in [1.807, 2.05) is 67.8 Å². The zero-order valence-electron chi connectivity index (χ0n) is 13.8. The number of benzene rings is 2. The van der Waals surface area contributed by atoms with Gasteiger partial charge in [0.1, 0.15) is 5.25 Å². The third-order valence-corrected chi connectivity index (χ3v) is 6.68. The summed E-state index contributed by atoms with van der Waals surface area (Å²) in [6.45, 7) is 2.02. The maximum absolute atomic E-state index is 12.9. The predicted molar refractivity (Wildman–Crippen MR) is 107 cm³/mol. The van der Waals surface area contributed by atoms with E-state index in [1.54, 1.807) is 11.8 Å². The number of anilines is 1. The molecule has 0 saturated carbocycles. The molecule has 0 aliphatic carbocycles. The van der Waals surface area contributed by atoms with Crippen LogP contribution in [0.4, 0.5) is 5.69 Å². The summed E-state index contributed by atoms with van der Waals surface area (Å²) >= 11 is 4.49. The Morgan fingerprint density at radius 2 is 1.72 bits per heavy atom. The molecule has 0 fully saturated rings. The van der Waals surface area contributed by atoms with E-state index in [9.17, 15) is 4.79 Å². The topological polar surface area (TPSA) is 54.9 Å². The summed E-state index contributed by atoms with van der Waals surface area (Å²) in [5.41, 5.74) is 2.89. The first kappa shape index (κ1) is 18.0. The van der Waals surface area contributed by atoms with Crippen molar-refractivity contribution in [2.75, 3.05) is 11.6 Å². The van der Waals surface area contributed by atoms with Gasteiger partial charge in [0, 0.05) is 5.69 Å². The average molecular weight is 388 g/mol. The molecule has 0 unspecified atom stereocenters. The molecular weight excluding hydrogens is 370 g/mol. The molecule has 128 valence electrons. The van der Waals surface area contributed by atoms with Gasteiger partial charge in [0.25, 0.3) is 0 Å². The quantitative estimate of drug-likeness (QED) is 0.601. The average Bonchev–Trinajstić information content (AvgIpc) is 3.10. The molecular formula is C18H17N3OS3. The molecule has 0 bridgehead atoms. The first-order chi connectivity index (χ1) is 12.2. The van der Waals surface area contributed by atoms with Crippen LogP contribution < -0.4 is 5.32 Å². The van der Waals surface area contributed by atoms with Crippen LogP contribution in [0.15, 0.2) is 63.3 Å². The number of nitrogens with zero attached hydrogens (tertiary/aromatic N) is 2. The van der Waals surface area contributed by atoms with Crippen molar-refractivity contribution < 1.29 is 4.79 Å². The highest BCUT2D eigenvalue weighted by molar-refractivity contribution is 8.03. The standard InChI is InChI=1S/C18H17N3OS3/c1-12-8-10-14(11-9-12)19-16(22)15(13-6-4-3-5-7-13)24-18-21-20-17(23-2)25-18/h3-11,15H,1-2H3,(H,19,22)/t15-/m1/s1. The molecule has 0 saturated heterocycles. The lowest BCUT2D eigenvalue weighted by Crippen LogP contribution is -2.19. The van der Waals surface area contributed by atoms with E-state index in [1.165, 1.54) is 23.1 Å². The van der Waals surface area contributed by atoms with Crippen LogP contribution in [0.3, 0.4) is 0 Å². The van der Waals surface area contributed by atoms with Crippen molar-refractivity contribution in [3.05, 3.63) is 65.7 Å². The zero-order chi connectivity index (χ0) is 17.6. The summed E-state index contributed by atoms with van der Waals surface area (Å²) in [6.07, 6.45) is 1.97. The largest absolute Gasteiger partial charge is 0.325 e. The van der Waals surface area contributed by atoms with Crippen molar-refractivity contribution in [3.8, 4) is 0 Å². The predicted octanol–water partition coefficient (Wildman–Crippen LogP) is 5.04. The molecule has 1 N–H and O–H groups in total. The van der Waals surface area contributed by atoms with Gasteiger partial charge in [-0.15, -0.1) is 10.2 Å². The Morgan fingerprint density at radius 3 is 2.36 bits per heavy atom. The van der Waals surface area contributed by atoms with Crippen molar-refractivity contribution in [1.29, 1.82) is 0 Å². The van der Waals surface area contributed by atoms with E-state index < -0.39 is 0 Å². The second kappa shape index (κ2) is 8.51. The molecule has 0 aliphatic rings. The fourth-order valence-corrected chi connectivity index (χ4v) is 4.80. The van der Waals surface area contributed by atoms with Crippen molar-refractivity contribution in [1.82, 2.24) is 10.2 Å². The van der Waals surface area contributed by atoms with Crippen LogP contribution in [0.25, 0.3) is 0 Å². The zero-order valence-corrected chi connectivity index (χ0v) is 16.3. The van der Waals surface area contributed by atoms with Crippen LogP contribution >= 0.6 is 34.9 Å². The summed E-state index contributed by atoms with van der Waals surface area (Å²) in [4.78, 5) is 12.9. The van der Waals surface area contributed by atoms with Crippen molar-refractivity contribution in [2.24, 2.45) is 0 Å². The van der Waals surface area contributed by atoms with Gasteiger partial charge in [0.15, 0.2) is 8.68 Å². The second-order valence-electron chi connectivity index (χ2n) is 5.30. The number of aryl methyl sites for hydroxylation is 1. The van der Waals surface area contributed by atoms with Gasteiger partial charge in [-0.2, -0.15) is 0 Å². The van der Waals surface area contributed by atoms with Crippen molar-refractivity contribution in [3.63, 3.8) is 0 Å². The Balaban J connectivity index is 1.82. The van der Waals surface area contributed by atoms with Gasteiger partial charge in [0.2, 0.25) is 5.91 Å². The van der Waals surface area contributed by atoms with Crippen LogP contribution in [-0.2, 0) is 4.79 Å². The Morgan fingerprint density at radius 1 is 1.04 bits per heavy atom. The Bertz CT molecular complexity index is 834. The molecule has 3 aromatic rings. The van der Waals surface area contributed by atoms with Gasteiger partial charge in [-0.05, 0) is 30.9 Å². The molecule has 0 radical (unpaired) electrons. The Kier molecular flexibility index (Phi) is 6.12. The first-order valence-corrected chi connectivity index (χ1v) is 10.5. The molecule has 2 aromatic carbocycles. The van der Waals surface area contributed by atoms with E-state index in [-0.39, 0.29) is 11.2 Å². The van der Waals surface area contributed by atoms with Crippen molar-refractivity contribution in [2.45, 2.75) is 20.9 Å². The summed E-state index contributed by atoms with van der Waals surface area (Å²) in [6, 6.07) is 17.5. The van der Waals surface area contributed by atoms with Gasteiger partial charge in [-0.3, -0.25) is 4.79 Å². The maximum atomic E-state index is 12.9. The van der Waals surface area contributed by atoms with E-state index in [0.29, 0.717) is 0 Å². The van der Waals surface area contributed by atoms with Gasteiger partial charge in [-0.25, -0.2) is 0 Å². The number of amides is 1. The molecule has 0 spiro atoms. The monoisotopic (exact) mass is 387 g/mol. The number of carbonyl (C=O) groups excluding carboxylic acids is 1. The van der Waals surface area contributed by atoms with Crippen LogP contribution in [0.5, 0.6) is 0 Å². The lowest BCUT2D eigenvalue weighted by atomic mass is 10.1. The summed E-state index contributed by atoms with van der Waals surface area (Å²) in [5, 5.41) is 10.9. The number of hydrogen-bond acceptors (Lipinski definition) is 6. The van der Waals surface area contributed by atoms with Gasteiger partial charge in [-0.1, -0.05) is 82.9 Å². The number of hydrogen-bond donors (Lipinski definition) is 1. The second-order valence-corrected chi connectivity index (χ2v) is 8.68. The molecule has 1 amide bonds. The number of nitrogens with one attached hydrogen (secondary N) is 1. The highest BCUT2D eigenvalue weighted by Gasteiger charge is 2.24. The van der Waals surface area contributed by atoms with E-state index in [4.69, 9.17) is 0 Å². The van der Waals surface area contributed by atoms with E-state index in [0.717, 1.165) is 25.5 Å². The normalized spacial score (nSPS) is 11.9. The lowest BCUT2D eigenvalue weighted by Gasteiger charge is -2.15.